The first-order valence-electron chi connectivity index (χ1n) is 8.69. The van der Waals surface area contributed by atoms with E-state index in [9.17, 15) is 13.2 Å². The summed E-state index contributed by atoms with van der Waals surface area (Å²) in [5.41, 5.74) is 1.75. The van der Waals surface area contributed by atoms with Crippen LogP contribution in [0.3, 0.4) is 0 Å². The van der Waals surface area contributed by atoms with Gasteiger partial charge in [-0.25, -0.2) is 8.42 Å². The molecule has 2 rings (SSSR count). The SMILES string of the molecule is CC(C)C[C@@H](NC(=O)c1ccc(N(C)S(C)(=O)=O)cc1Cl)c1ccccc1. The molecule has 27 heavy (non-hydrogen) atoms. The van der Waals surface area contributed by atoms with E-state index in [1.54, 1.807) is 12.1 Å². The number of nitrogens with zero attached hydrogens (tertiary/aromatic N) is 1. The highest BCUT2D eigenvalue weighted by atomic mass is 35.5. The average molecular weight is 409 g/mol. The molecule has 0 aliphatic heterocycles. The third-order valence-corrected chi connectivity index (χ3v) is 5.79. The van der Waals surface area contributed by atoms with Crippen LogP contribution < -0.4 is 9.62 Å². The van der Waals surface area contributed by atoms with E-state index in [1.165, 1.54) is 13.1 Å². The molecule has 1 atom stereocenters. The van der Waals surface area contributed by atoms with Crippen molar-refractivity contribution in [2.24, 2.45) is 5.92 Å². The maximum Gasteiger partial charge on any atom is 0.253 e. The largest absolute Gasteiger partial charge is 0.345 e. The van der Waals surface area contributed by atoms with E-state index in [1.807, 2.05) is 30.3 Å². The molecule has 2 aromatic carbocycles. The number of benzene rings is 2. The predicted octanol–water partition coefficient (Wildman–Crippen LogP) is 4.25. The smallest absolute Gasteiger partial charge is 0.253 e. The molecule has 0 heterocycles. The van der Waals surface area contributed by atoms with E-state index >= 15 is 0 Å². The first-order valence-corrected chi connectivity index (χ1v) is 10.9. The van der Waals surface area contributed by atoms with Crippen LogP contribution in [-0.4, -0.2) is 27.6 Å². The number of carbonyl (C=O) groups is 1. The van der Waals surface area contributed by atoms with Crippen molar-refractivity contribution in [2.75, 3.05) is 17.6 Å². The topological polar surface area (TPSA) is 66.5 Å². The fourth-order valence-electron chi connectivity index (χ4n) is 2.75. The first kappa shape index (κ1) is 21.3. The molecular formula is C20H25ClN2O3S. The summed E-state index contributed by atoms with van der Waals surface area (Å²) in [6.45, 7) is 4.20. The molecule has 0 saturated heterocycles. The number of hydrogen-bond donors (Lipinski definition) is 1. The van der Waals surface area contributed by atoms with Crippen molar-refractivity contribution in [1.29, 1.82) is 0 Å². The summed E-state index contributed by atoms with van der Waals surface area (Å²) in [6.07, 6.45) is 1.90. The molecule has 0 radical (unpaired) electrons. The van der Waals surface area contributed by atoms with Gasteiger partial charge in [0.1, 0.15) is 0 Å². The lowest BCUT2D eigenvalue weighted by molar-refractivity contribution is 0.0932. The van der Waals surface area contributed by atoms with Crippen molar-refractivity contribution in [3.8, 4) is 0 Å². The van der Waals surface area contributed by atoms with Gasteiger partial charge in [0.15, 0.2) is 0 Å². The Morgan fingerprint density at radius 1 is 1.15 bits per heavy atom. The Bertz CT molecular complexity index is 899. The van der Waals surface area contributed by atoms with E-state index in [0.717, 1.165) is 22.5 Å². The first-order chi connectivity index (χ1) is 12.6. The van der Waals surface area contributed by atoms with Crippen molar-refractivity contribution in [1.82, 2.24) is 5.32 Å². The van der Waals surface area contributed by atoms with Crippen LogP contribution in [0, 0.1) is 5.92 Å². The van der Waals surface area contributed by atoms with Crippen LogP contribution in [0.2, 0.25) is 5.02 Å². The molecule has 0 bridgehead atoms. The predicted molar refractivity (Wildman–Crippen MR) is 111 cm³/mol. The minimum atomic E-state index is -3.40. The summed E-state index contributed by atoms with van der Waals surface area (Å²) in [7, 11) is -1.96. The molecule has 0 spiro atoms. The van der Waals surface area contributed by atoms with Gasteiger partial charge in [-0.3, -0.25) is 9.10 Å². The van der Waals surface area contributed by atoms with Gasteiger partial charge in [0.25, 0.3) is 5.91 Å². The number of nitrogens with one attached hydrogen (secondary N) is 1. The van der Waals surface area contributed by atoms with Crippen molar-refractivity contribution in [3.63, 3.8) is 0 Å². The lowest BCUT2D eigenvalue weighted by Crippen LogP contribution is -2.30. The van der Waals surface area contributed by atoms with Crippen molar-refractivity contribution in [2.45, 2.75) is 26.3 Å². The molecule has 0 fully saturated rings. The Hall–Kier alpha value is -2.05. The molecule has 0 unspecified atom stereocenters. The molecule has 7 heteroatoms. The minimum Gasteiger partial charge on any atom is -0.345 e. The monoisotopic (exact) mass is 408 g/mol. The van der Waals surface area contributed by atoms with Gasteiger partial charge < -0.3 is 5.32 Å². The van der Waals surface area contributed by atoms with Crippen molar-refractivity contribution < 1.29 is 13.2 Å². The zero-order valence-electron chi connectivity index (χ0n) is 15.9. The molecule has 0 aliphatic carbocycles. The average Bonchev–Trinajstić information content (AvgIpc) is 2.59. The summed E-state index contributed by atoms with van der Waals surface area (Å²) >= 11 is 6.27. The van der Waals surface area contributed by atoms with Gasteiger partial charge in [-0.1, -0.05) is 55.8 Å². The van der Waals surface area contributed by atoms with Gasteiger partial charge in [0.05, 0.1) is 28.6 Å². The number of sulfonamides is 1. The Balaban J connectivity index is 2.25. The lowest BCUT2D eigenvalue weighted by Gasteiger charge is -2.22. The van der Waals surface area contributed by atoms with Crippen molar-refractivity contribution in [3.05, 3.63) is 64.7 Å². The van der Waals surface area contributed by atoms with Gasteiger partial charge in [-0.05, 0) is 36.1 Å². The third-order valence-electron chi connectivity index (χ3n) is 4.27. The summed E-state index contributed by atoms with van der Waals surface area (Å²) in [5.74, 6) is 0.111. The van der Waals surface area contributed by atoms with E-state index in [4.69, 9.17) is 11.6 Å². The molecule has 0 saturated carbocycles. The van der Waals surface area contributed by atoms with Crippen LogP contribution in [0.1, 0.15) is 42.2 Å². The third kappa shape index (κ3) is 5.71. The molecule has 1 N–H and O–H groups in total. The number of hydrogen-bond acceptors (Lipinski definition) is 3. The van der Waals surface area contributed by atoms with Crippen LogP contribution >= 0.6 is 11.6 Å². The summed E-state index contributed by atoms with van der Waals surface area (Å²) in [5, 5.41) is 3.25. The second-order valence-electron chi connectivity index (χ2n) is 6.96. The van der Waals surface area contributed by atoms with E-state index < -0.39 is 10.0 Å². The van der Waals surface area contributed by atoms with E-state index in [-0.39, 0.29) is 17.0 Å². The number of rotatable bonds is 7. The maximum atomic E-state index is 12.8. The van der Waals surface area contributed by atoms with Crippen LogP contribution in [0.4, 0.5) is 5.69 Å². The van der Waals surface area contributed by atoms with Crippen LogP contribution in [0.15, 0.2) is 48.5 Å². The number of halogens is 1. The lowest BCUT2D eigenvalue weighted by atomic mass is 9.96. The molecule has 2 aromatic rings. The number of carbonyl (C=O) groups excluding carboxylic acids is 1. The fraction of sp³-hybridized carbons (Fsp3) is 0.350. The zero-order valence-corrected chi connectivity index (χ0v) is 17.5. The van der Waals surface area contributed by atoms with Gasteiger partial charge in [0, 0.05) is 7.05 Å². The molecule has 5 nitrogen and oxygen atoms in total. The summed E-state index contributed by atoms with van der Waals surface area (Å²) in [6, 6.07) is 14.3. The van der Waals surface area contributed by atoms with Crippen molar-refractivity contribution >= 4 is 33.2 Å². The highest BCUT2D eigenvalue weighted by Crippen LogP contribution is 2.26. The maximum absolute atomic E-state index is 12.8. The minimum absolute atomic E-state index is 0.131. The standard InChI is InChI=1S/C20H25ClN2O3S/c1-14(2)12-19(15-8-6-5-7-9-15)22-20(24)17-11-10-16(13-18(17)21)23(3)27(4,25)26/h5-11,13-14,19H,12H2,1-4H3,(H,22,24)/t19-/m1/s1. The Kier molecular flexibility index (Phi) is 6.89. The second kappa shape index (κ2) is 8.76. The summed E-state index contributed by atoms with van der Waals surface area (Å²) in [4.78, 5) is 12.8. The molecule has 0 aliphatic rings. The number of anilines is 1. The van der Waals surface area contributed by atoms with Gasteiger partial charge in [-0.15, -0.1) is 0 Å². The Labute approximate surface area is 166 Å². The molecule has 0 aromatic heterocycles. The summed E-state index contributed by atoms with van der Waals surface area (Å²) < 4.78 is 24.5. The fourth-order valence-corrected chi connectivity index (χ4v) is 3.50. The van der Waals surface area contributed by atoms with E-state index in [2.05, 4.69) is 19.2 Å². The van der Waals surface area contributed by atoms with Gasteiger partial charge in [0.2, 0.25) is 10.0 Å². The molecule has 1 amide bonds. The molecule has 146 valence electrons. The van der Waals surface area contributed by atoms with Crippen LogP contribution in [0.5, 0.6) is 0 Å². The second-order valence-corrected chi connectivity index (χ2v) is 9.38. The van der Waals surface area contributed by atoms with Crippen LogP contribution in [-0.2, 0) is 10.0 Å². The van der Waals surface area contributed by atoms with Gasteiger partial charge in [-0.2, -0.15) is 0 Å². The highest BCUT2D eigenvalue weighted by molar-refractivity contribution is 7.92. The highest BCUT2D eigenvalue weighted by Gasteiger charge is 2.20. The quantitative estimate of drug-likeness (QED) is 0.744. The Morgan fingerprint density at radius 3 is 2.30 bits per heavy atom. The van der Waals surface area contributed by atoms with Crippen LogP contribution in [0.25, 0.3) is 0 Å². The number of amides is 1. The van der Waals surface area contributed by atoms with Gasteiger partial charge >= 0.3 is 0 Å². The Morgan fingerprint density at radius 2 is 1.78 bits per heavy atom. The van der Waals surface area contributed by atoms with E-state index in [0.29, 0.717) is 17.2 Å². The normalized spacial score (nSPS) is 12.7. The zero-order chi connectivity index (χ0) is 20.2. The molecular weight excluding hydrogens is 384 g/mol.